The molecule has 5 nitrogen and oxygen atoms in total. The number of rotatable bonds is 5. The lowest BCUT2D eigenvalue weighted by atomic mass is 9.87. The van der Waals surface area contributed by atoms with Gasteiger partial charge in [-0.15, -0.1) is 0 Å². The molecule has 0 bridgehead atoms. The number of nitrogens with zero attached hydrogens (tertiary/aromatic N) is 2. The summed E-state index contributed by atoms with van der Waals surface area (Å²) in [5, 5.41) is 0. The van der Waals surface area contributed by atoms with Gasteiger partial charge in [-0.2, -0.15) is 0 Å². The number of carbonyl (C=O) groups is 2. The van der Waals surface area contributed by atoms with Crippen LogP contribution in [0.5, 0.6) is 0 Å². The monoisotopic (exact) mass is 330 g/mol. The van der Waals surface area contributed by atoms with Crippen molar-refractivity contribution in [3.8, 4) is 0 Å². The summed E-state index contributed by atoms with van der Waals surface area (Å²) in [7, 11) is 1.72. The van der Waals surface area contributed by atoms with Crippen LogP contribution in [-0.4, -0.2) is 61.0 Å². The highest BCUT2D eigenvalue weighted by Crippen LogP contribution is 2.24. The molecule has 0 unspecified atom stereocenters. The van der Waals surface area contributed by atoms with Crippen LogP contribution in [0.25, 0.3) is 0 Å². The predicted octanol–water partition coefficient (Wildman–Crippen LogP) is 1.71. The molecule has 2 heterocycles. The molecule has 0 aliphatic carbocycles. The van der Waals surface area contributed by atoms with Crippen LogP contribution in [0.4, 0.5) is 0 Å². The van der Waals surface area contributed by atoms with E-state index < -0.39 is 0 Å². The highest BCUT2D eigenvalue weighted by molar-refractivity contribution is 5.85. The normalized spacial score (nSPS) is 24.5. The Kier molecular flexibility index (Phi) is 5.51. The van der Waals surface area contributed by atoms with Crippen molar-refractivity contribution in [2.24, 2.45) is 5.92 Å². The second-order valence-electron chi connectivity index (χ2n) is 6.77. The molecule has 5 heteroatoms. The van der Waals surface area contributed by atoms with Gasteiger partial charge in [0.1, 0.15) is 0 Å². The number of carbonyl (C=O) groups excluding carboxylic acids is 2. The number of piperidine rings is 1. The van der Waals surface area contributed by atoms with Gasteiger partial charge in [-0.3, -0.25) is 9.59 Å². The zero-order valence-corrected chi connectivity index (χ0v) is 14.3. The Morgan fingerprint density at radius 2 is 2.04 bits per heavy atom. The van der Waals surface area contributed by atoms with Crippen molar-refractivity contribution in [1.29, 1.82) is 0 Å². The highest BCUT2D eigenvalue weighted by Gasteiger charge is 2.33. The summed E-state index contributed by atoms with van der Waals surface area (Å²) in [5.41, 5.74) is 1.31. The Morgan fingerprint density at radius 3 is 2.71 bits per heavy atom. The summed E-state index contributed by atoms with van der Waals surface area (Å²) >= 11 is 0. The highest BCUT2D eigenvalue weighted by atomic mass is 16.5. The molecular weight excluding hydrogens is 304 g/mol. The van der Waals surface area contributed by atoms with Crippen LogP contribution in [0.15, 0.2) is 30.3 Å². The van der Waals surface area contributed by atoms with Crippen LogP contribution in [0.1, 0.15) is 24.8 Å². The van der Waals surface area contributed by atoms with Crippen molar-refractivity contribution in [3.63, 3.8) is 0 Å². The third-order valence-electron chi connectivity index (χ3n) is 5.19. The van der Waals surface area contributed by atoms with Gasteiger partial charge in [-0.1, -0.05) is 30.3 Å². The van der Waals surface area contributed by atoms with Crippen molar-refractivity contribution in [2.45, 2.75) is 31.8 Å². The predicted molar refractivity (Wildman–Crippen MR) is 91.4 cm³/mol. The van der Waals surface area contributed by atoms with Crippen LogP contribution in [0, 0.1) is 5.92 Å². The van der Waals surface area contributed by atoms with E-state index in [0.717, 1.165) is 25.8 Å². The third kappa shape index (κ3) is 3.96. The number of amides is 2. The van der Waals surface area contributed by atoms with Crippen LogP contribution in [0.2, 0.25) is 0 Å². The molecule has 2 aliphatic rings. The Hall–Kier alpha value is -1.88. The molecule has 0 spiro atoms. The van der Waals surface area contributed by atoms with Gasteiger partial charge in [-0.25, -0.2) is 0 Å². The van der Waals surface area contributed by atoms with Crippen LogP contribution < -0.4 is 0 Å². The lowest BCUT2D eigenvalue weighted by molar-refractivity contribution is -0.141. The molecule has 0 N–H and O–H groups in total. The number of benzene rings is 1. The van der Waals surface area contributed by atoms with Gasteiger partial charge >= 0.3 is 0 Å². The maximum absolute atomic E-state index is 12.5. The maximum Gasteiger partial charge on any atom is 0.242 e. The minimum Gasteiger partial charge on any atom is -0.379 e. The van der Waals surface area contributed by atoms with Gasteiger partial charge in [-0.05, 0) is 30.7 Å². The SMILES string of the molecule is CO[C@H]1CN(C(=O)CN2CCCC2=O)CC[C@@H]1Cc1ccccc1. The van der Waals surface area contributed by atoms with Gasteiger partial charge in [0.25, 0.3) is 0 Å². The molecule has 2 saturated heterocycles. The van der Waals surface area contributed by atoms with Gasteiger partial charge in [0.05, 0.1) is 12.6 Å². The summed E-state index contributed by atoms with van der Waals surface area (Å²) in [4.78, 5) is 27.7. The first-order valence-corrected chi connectivity index (χ1v) is 8.79. The van der Waals surface area contributed by atoms with Crippen LogP contribution in [-0.2, 0) is 20.7 Å². The standard InChI is InChI=1S/C19H26N2O3/c1-24-17-13-21(19(23)14-20-10-5-8-18(20)22)11-9-16(17)12-15-6-3-2-4-7-15/h2-4,6-7,16-17H,5,8-14H2,1H3/t16-,17+/m1/s1. The molecule has 0 aromatic heterocycles. The molecule has 130 valence electrons. The Bertz CT molecular complexity index is 575. The summed E-state index contributed by atoms with van der Waals surface area (Å²) < 4.78 is 5.67. The lowest BCUT2D eigenvalue weighted by Crippen LogP contribution is -2.50. The molecule has 2 amide bonds. The van der Waals surface area contributed by atoms with Gasteiger partial charge in [0.15, 0.2) is 0 Å². The minimum atomic E-state index is 0.0467. The Labute approximate surface area is 143 Å². The molecule has 2 atom stereocenters. The molecule has 1 aromatic rings. The third-order valence-corrected chi connectivity index (χ3v) is 5.19. The van der Waals surface area contributed by atoms with Crippen molar-refractivity contribution in [1.82, 2.24) is 9.80 Å². The van der Waals surface area contributed by atoms with E-state index in [-0.39, 0.29) is 24.5 Å². The van der Waals surface area contributed by atoms with Crippen molar-refractivity contribution >= 4 is 11.8 Å². The summed E-state index contributed by atoms with van der Waals surface area (Å²) in [6, 6.07) is 10.4. The van der Waals surface area contributed by atoms with Gasteiger partial charge < -0.3 is 14.5 Å². The van der Waals surface area contributed by atoms with E-state index >= 15 is 0 Å². The number of methoxy groups -OCH3 is 1. The number of hydrogen-bond acceptors (Lipinski definition) is 3. The first-order chi connectivity index (χ1) is 11.7. The van der Waals surface area contributed by atoms with E-state index in [1.54, 1.807) is 12.0 Å². The van der Waals surface area contributed by atoms with Crippen LogP contribution in [0.3, 0.4) is 0 Å². The fourth-order valence-electron chi connectivity index (χ4n) is 3.74. The summed E-state index contributed by atoms with van der Waals surface area (Å²) in [6.45, 7) is 2.30. The second-order valence-corrected chi connectivity index (χ2v) is 6.77. The number of likely N-dealkylation sites (tertiary alicyclic amines) is 2. The molecule has 1 aromatic carbocycles. The smallest absolute Gasteiger partial charge is 0.242 e. The number of ether oxygens (including phenoxy) is 1. The zero-order chi connectivity index (χ0) is 16.9. The van der Waals surface area contributed by atoms with E-state index in [1.165, 1.54) is 5.56 Å². The largest absolute Gasteiger partial charge is 0.379 e. The molecule has 3 rings (SSSR count). The van der Waals surface area contributed by atoms with Crippen molar-refractivity contribution in [2.75, 3.05) is 33.3 Å². The summed E-state index contributed by atoms with van der Waals surface area (Å²) in [5.74, 6) is 0.575. The van der Waals surface area contributed by atoms with E-state index in [1.807, 2.05) is 11.0 Å². The van der Waals surface area contributed by atoms with Crippen LogP contribution >= 0.6 is 0 Å². The molecule has 24 heavy (non-hydrogen) atoms. The lowest BCUT2D eigenvalue weighted by Gasteiger charge is -2.38. The fourth-order valence-corrected chi connectivity index (χ4v) is 3.74. The topological polar surface area (TPSA) is 49.9 Å². The molecular formula is C19H26N2O3. The number of hydrogen-bond donors (Lipinski definition) is 0. The molecule has 2 aliphatic heterocycles. The quantitative estimate of drug-likeness (QED) is 0.826. The first kappa shape index (κ1) is 17.0. The van der Waals surface area contributed by atoms with Crippen molar-refractivity contribution in [3.05, 3.63) is 35.9 Å². The molecule has 2 fully saturated rings. The van der Waals surface area contributed by atoms with E-state index in [2.05, 4.69) is 24.3 Å². The molecule has 0 radical (unpaired) electrons. The molecule has 0 saturated carbocycles. The van der Waals surface area contributed by atoms with E-state index in [4.69, 9.17) is 4.74 Å². The average Bonchev–Trinajstić information content (AvgIpc) is 3.01. The minimum absolute atomic E-state index is 0.0467. The van der Waals surface area contributed by atoms with Gasteiger partial charge in [0.2, 0.25) is 11.8 Å². The summed E-state index contributed by atoms with van der Waals surface area (Å²) in [6.07, 6.45) is 3.41. The maximum atomic E-state index is 12.5. The zero-order valence-electron chi connectivity index (χ0n) is 14.3. The van der Waals surface area contributed by atoms with E-state index in [0.29, 0.717) is 25.4 Å². The second kappa shape index (κ2) is 7.79. The Balaban J connectivity index is 1.56. The first-order valence-electron chi connectivity index (χ1n) is 8.79. The van der Waals surface area contributed by atoms with Crippen molar-refractivity contribution < 1.29 is 14.3 Å². The fraction of sp³-hybridized carbons (Fsp3) is 0.579. The van der Waals surface area contributed by atoms with Gasteiger partial charge in [0, 0.05) is 33.2 Å². The Morgan fingerprint density at radius 1 is 1.25 bits per heavy atom. The average molecular weight is 330 g/mol. The van der Waals surface area contributed by atoms with E-state index in [9.17, 15) is 9.59 Å².